The van der Waals surface area contributed by atoms with Gasteiger partial charge in [0.05, 0.1) is 11.0 Å². The van der Waals surface area contributed by atoms with E-state index in [2.05, 4.69) is 29.7 Å². The number of halogens is 1. The highest BCUT2D eigenvalue weighted by Gasteiger charge is 2.12. The van der Waals surface area contributed by atoms with Crippen LogP contribution in [0.5, 0.6) is 5.75 Å². The first-order chi connectivity index (χ1) is 12.3. The number of benzene rings is 3. The van der Waals surface area contributed by atoms with Crippen molar-refractivity contribution in [3.63, 3.8) is 0 Å². The molecule has 4 rings (SSSR count). The molecule has 4 heteroatoms. The largest absolute Gasteiger partial charge is 0.485 e. The van der Waals surface area contributed by atoms with Gasteiger partial charge >= 0.3 is 0 Å². The van der Waals surface area contributed by atoms with Crippen molar-refractivity contribution < 1.29 is 4.74 Å². The van der Waals surface area contributed by atoms with Gasteiger partial charge in [-0.05, 0) is 36.1 Å². The van der Waals surface area contributed by atoms with E-state index in [1.165, 1.54) is 5.39 Å². The van der Waals surface area contributed by atoms with Crippen LogP contribution in [0.2, 0.25) is 5.02 Å². The minimum Gasteiger partial charge on any atom is -0.485 e. The maximum Gasteiger partial charge on any atom is 0.147 e. The van der Waals surface area contributed by atoms with Crippen molar-refractivity contribution in [3.05, 3.63) is 71.5 Å². The van der Waals surface area contributed by atoms with E-state index >= 15 is 0 Å². The van der Waals surface area contributed by atoms with Crippen molar-refractivity contribution in [1.82, 2.24) is 9.55 Å². The SMILES string of the molecule is CCCn1c(COc2cccc3ccccc23)nc2cc(Cl)ccc21. The Labute approximate surface area is 151 Å². The van der Waals surface area contributed by atoms with E-state index in [0.29, 0.717) is 11.6 Å². The maximum atomic E-state index is 6.14. The lowest BCUT2D eigenvalue weighted by Crippen LogP contribution is -2.07. The Morgan fingerprint density at radius 3 is 2.76 bits per heavy atom. The standard InChI is InChI=1S/C21H19ClN2O/c1-2-12-24-19-11-10-16(22)13-18(19)23-21(24)14-25-20-9-5-7-15-6-3-4-8-17(15)20/h3-11,13H,2,12,14H2,1H3. The molecule has 0 N–H and O–H groups in total. The molecule has 25 heavy (non-hydrogen) atoms. The highest BCUT2D eigenvalue weighted by molar-refractivity contribution is 6.31. The molecule has 1 heterocycles. The zero-order valence-corrected chi connectivity index (χ0v) is 14.8. The van der Waals surface area contributed by atoms with Gasteiger partial charge in [0, 0.05) is 17.0 Å². The number of rotatable bonds is 5. The molecule has 1 aromatic heterocycles. The predicted molar refractivity (Wildman–Crippen MR) is 103 cm³/mol. The molecular weight excluding hydrogens is 332 g/mol. The van der Waals surface area contributed by atoms with Crippen molar-refractivity contribution in [2.75, 3.05) is 0 Å². The second kappa shape index (κ2) is 6.77. The van der Waals surface area contributed by atoms with E-state index in [-0.39, 0.29) is 0 Å². The zero-order chi connectivity index (χ0) is 17.2. The van der Waals surface area contributed by atoms with Crippen molar-refractivity contribution in [2.24, 2.45) is 0 Å². The Bertz CT molecular complexity index is 1030. The van der Waals surface area contributed by atoms with Crippen LogP contribution < -0.4 is 4.74 Å². The average molecular weight is 351 g/mol. The van der Waals surface area contributed by atoms with Gasteiger partial charge in [-0.25, -0.2) is 4.98 Å². The summed E-state index contributed by atoms with van der Waals surface area (Å²) in [6, 6.07) is 20.2. The summed E-state index contributed by atoms with van der Waals surface area (Å²) in [6.45, 7) is 3.50. The molecule has 0 bridgehead atoms. The number of imidazole rings is 1. The molecule has 3 nitrogen and oxygen atoms in total. The van der Waals surface area contributed by atoms with Gasteiger partial charge in [0.1, 0.15) is 18.2 Å². The van der Waals surface area contributed by atoms with Crippen LogP contribution >= 0.6 is 11.6 Å². The third kappa shape index (κ3) is 3.08. The minimum atomic E-state index is 0.431. The van der Waals surface area contributed by atoms with Crippen molar-refractivity contribution in [1.29, 1.82) is 0 Å². The second-order valence-electron chi connectivity index (χ2n) is 6.08. The molecule has 0 fully saturated rings. The fraction of sp³-hybridized carbons (Fsp3) is 0.190. The van der Waals surface area contributed by atoms with Crippen LogP contribution in [0, 0.1) is 0 Å². The molecule has 0 saturated heterocycles. The van der Waals surface area contributed by atoms with Gasteiger partial charge in [-0.2, -0.15) is 0 Å². The topological polar surface area (TPSA) is 27.1 Å². The van der Waals surface area contributed by atoms with Gasteiger partial charge < -0.3 is 9.30 Å². The fourth-order valence-corrected chi connectivity index (χ4v) is 3.37. The molecule has 4 aromatic rings. The Kier molecular flexibility index (Phi) is 4.33. The van der Waals surface area contributed by atoms with Crippen LogP contribution in [0.15, 0.2) is 60.7 Å². The van der Waals surface area contributed by atoms with E-state index in [0.717, 1.165) is 41.0 Å². The Balaban J connectivity index is 1.69. The molecule has 0 radical (unpaired) electrons. The van der Waals surface area contributed by atoms with Crippen molar-refractivity contribution in [2.45, 2.75) is 26.5 Å². The fourth-order valence-electron chi connectivity index (χ4n) is 3.20. The molecule has 0 spiro atoms. The smallest absolute Gasteiger partial charge is 0.147 e. The predicted octanol–water partition coefficient (Wildman–Crippen LogP) is 5.83. The van der Waals surface area contributed by atoms with Crippen LogP contribution in [0.4, 0.5) is 0 Å². The molecular formula is C21H19ClN2O. The maximum absolute atomic E-state index is 6.14. The lowest BCUT2D eigenvalue weighted by molar-refractivity contribution is 0.293. The quantitative estimate of drug-likeness (QED) is 0.452. The molecule has 126 valence electrons. The molecule has 0 atom stereocenters. The van der Waals surface area contributed by atoms with E-state index in [1.54, 1.807) is 0 Å². The van der Waals surface area contributed by atoms with E-state index in [4.69, 9.17) is 21.3 Å². The monoisotopic (exact) mass is 350 g/mol. The van der Waals surface area contributed by atoms with Gasteiger partial charge in [-0.1, -0.05) is 54.9 Å². The number of nitrogens with zero attached hydrogens (tertiary/aromatic N) is 2. The highest BCUT2D eigenvalue weighted by atomic mass is 35.5. The van der Waals surface area contributed by atoms with Crippen LogP contribution in [0.1, 0.15) is 19.2 Å². The summed E-state index contributed by atoms with van der Waals surface area (Å²) >= 11 is 6.12. The molecule has 0 amide bonds. The molecule has 0 aliphatic rings. The molecule has 0 saturated carbocycles. The molecule has 0 unspecified atom stereocenters. The first kappa shape index (κ1) is 16.0. The normalized spacial score (nSPS) is 11.3. The second-order valence-corrected chi connectivity index (χ2v) is 6.52. The third-order valence-electron chi connectivity index (χ3n) is 4.34. The number of ether oxygens (including phenoxy) is 1. The molecule has 0 aliphatic carbocycles. The van der Waals surface area contributed by atoms with E-state index in [9.17, 15) is 0 Å². The molecule has 0 aliphatic heterocycles. The third-order valence-corrected chi connectivity index (χ3v) is 4.58. The summed E-state index contributed by atoms with van der Waals surface area (Å²) in [7, 11) is 0. The lowest BCUT2D eigenvalue weighted by Gasteiger charge is -2.11. The summed E-state index contributed by atoms with van der Waals surface area (Å²) in [5, 5.41) is 3.00. The Morgan fingerprint density at radius 1 is 1.04 bits per heavy atom. The Morgan fingerprint density at radius 2 is 1.88 bits per heavy atom. The van der Waals surface area contributed by atoms with Crippen LogP contribution in [0.3, 0.4) is 0 Å². The van der Waals surface area contributed by atoms with E-state index in [1.807, 2.05) is 42.5 Å². The highest BCUT2D eigenvalue weighted by Crippen LogP contribution is 2.27. The number of fused-ring (bicyclic) bond motifs is 2. The number of aryl methyl sites for hydroxylation is 1. The van der Waals surface area contributed by atoms with E-state index < -0.39 is 0 Å². The number of hydrogen-bond acceptors (Lipinski definition) is 2. The lowest BCUT2D eigenvalue weighted by atomic mass is 10.1. The summed E-state index contributed by atoms with van der Waals surface area (Å²) in [6.07, 6.45) is 1.04. The van der Waals surface area contributed by atoms with Gasteiger partial charge in [0.25, 0.3) is 0 Å². The van der Waals surface area contributed by atoms with Gasteiger partial charge in [0.2, 0.25) is 0 Å². The first-order valence-electron chi connectivity index (χ1n) is 8.51. The Hall–Kier alpha value is -2.52. The minimum absolute atomic E-state index is 0.431. The number of aromatic nitrogens is 2. The number of hydrogen-bond donors (Lipinski definition) is 0. The average Bonchev–Trinajstić information content (AvgIpc) is 2.97. The van der Waals surface area contributed by atoms with Crippen LogP contribution in [0.25, 0.3) is 21.8 Å². The van der Waals surface area contributed by atoms with Gasteiger partial charge in [0.15, 0.2) is 0 Å². The zero-order valence-electron chi connectivity index (χ0n) is 14.1. The summed E-state index contributed by atoms with van der Waals surface area (Å²) < 4.78 is 8.35. The van der Waals surface area contributed by atoms with Crippen molar-refractivity contribution in [3.8, 4) is 5.75 Å². The van der Waals surface area contributed by atoms with Gasteiger partial charge in [-0.15, -0.1) is 0 Å². The summed E-state index contributed by atoms with van der Waals surface area (Å²) in [4.78, 5) is 4.74. The molecule has 3 aromatic carbocycles. The first-order valence-corrected chi connectivity index (χ1v) is 8.89. The van der Waals surface area contributed by atoms with Gasteiger partial charge in [-0.3, -0.25) is 0 Å². The van der Waals surface area contributed by atoms with Crippen LogP contribution in [-0.4, -0.2) is 9.55 Å². The van der Waals surface area contributed by atoms with Crippen LogP contribution in [-0.2, 0) is 13.2 Å². The summed E-state index contributed by atoms with van der Waals surface area (Å²) in [5.41, 5.74) is 2.01. The van der Waals surface area contributed by atoms with Crippen molar-refractivity contribution >= 4 is 33.4 Å². The summed E-state index contributed by atoms with van der Waals surface area (Å²) in [5.74, 6) is 1.80.